The Morgan fingerprint density at radius 3 is 3.08 bits per heavy atom. The first-order valence-electron chi connectivity index (χ1n) is 4.35. The normalized spacial score (nSPS) is 16.8. The second kappa shape index (κ2) is 3.58. The van der Waals surface area contributed by atoms with E-state index in [1.54, 1.807) is 6.20 Å². The van der Waals surface area contributed by atoms with E-state index in [9.17, 15) is 0 Å². The molecule has 1 aromatic heterocycles. The molecule has 0 saturated carbocycles. The number of nitrogens with two attached hydrogens (primary N) is 1. The lowest BCUT2D eigenvalue weighted by Crippen LogP contribution is -2.05. The Balaban J connectivity index is 2.34. The van der Waals surface area contributed by atoms with Gasteiger partial charge in [-0.15, -0.1) is 0 Å². The Labute approximate surface area is 77.2 Å². The molecular weight excluding hydrogens is 164 g/mol. The molecule has 2 rings (SSSR count). The Morgan fingerprint density at radius 2 is 2.38 bits per heavy atom. The van der Waals surface area contributed by atoms with E-state index < -0.39 is 0 Å². The van der Waals surface area contributed by atoms with E-state index >= 15 is 0 Å². The van der Waals surface area contributed by atoms with E-state index in [0.717, 1.165) is 18.6 Å². The first-order chi connectivity index (χ1) is 6.38. The summed E-state index contributed by atoms with van der Waals surface area (Å²) < 4.78 is 5.22. The van der Waals surface area contributed by atoms with Crippen molar-refractivity contribution in [2.45, 2.75) is 6.42 Å². The molecule has 0 saturated heterocycles. The van der Waals surface area contributed by atoms with Crippen molar-refractivity contribution < 1.29 is 4.74 Å². The number of rotatable bonds is 1. The Kier molecular flexibility index (Phi) is 2.27. The van der Waals surface area contributed by atoms with Crippen LogP contribution >= 0.6 is 0 Å². The van der Waals surface area contributed by atoms with Crippen LogP contribution < -0.4 is 5.73 Å². The second-order valence-electron chi connectivity index (χ2n) is 2.99. The number of anilines is 1. The Bertz CT molecular complexity index is 333. The average molecular weight is 176 g/mol. The summed E-state index contributed by atoms with van der Waals surface area (Å²) in [6, 6.07) is 3.90. The predicted octanol–water partition coefficient (Wildman–Crippen LogP) is 1.47. The van der Waals surface area contributed by atoms with Crippen molar-refractivity contribution in [1.29, 1.82) is 0 Å². The van der Waals surface area contributed by atoms with Crippen LogP contribution in [-0.4, -0.2) is 18.2 Å². The van der Waals surface area contributed by atoms with Gasteiger partial charge in [-0.25, -0.2) is 4.98 Å². The van der Waals surface area contributed by atoms with Crippen molar-refractivity contribution in [3.8, 4) is 0 Å². The minimum Gasteiger partial charge on any atom is -0.383 e. The van der Waals surface area contributed by atoms with Crippen LogP contribution in [0.25, 0.3) is 5.57 Å². The molecule has 68 valence electrons. The number of ether oxygens (including phenoxy) is 1. The summed E-state index contributed by atoms with van der Waals surface area (Å²) in [5.41, 5.74) is 8.05. The summed E-state index contributed by atoms with van der Waals surface area (Å²) in [5.74, 6) is 0.607. The van der Waals surface area contributed by atoms with Crippen molar-refractivity contribution >= 4 is 11.4 Å². The third-order valence-corrected chi connectivity index (χ3v) is 2.15. The van der Waals surface area contributed by atoms with Gasteiger partial charge in [0, 0.05) is 11.8 Å². The van der Waals surface area contributed by atoms with Gasteiger partial charge in [0.15, 0.2) is 0 Å². The van der Waals surface area contributed by atoms with E-state index in [4.69, 9.17) is 10.5 Å². The fourth-order valence-corrected chi connectivity index (χ4v) is 1.46. The van der Waals surface area contributed by atoms with Crippen LogP contribution in [0.15, 0.2) is 24.4 Å². The zero-order chi connectivity index (χ0) is 9.10. The molecule has 1 aromatic rings. The van der Waals surface area contributed by atoms with E-state index in [2.05, 4.69) is 11.1 Å². The molecule has 13 heavy (non-hydrogen) atoms. The van der Waals surface area contributed by atoms with Gasteiger partial charge in [0.2, 0.25) is 0 Å². The summed E-state index contributed by atoms with van der Waals surface area (Å²) in [4.78, 5) is 4.05. The van der Waals surface area contributed by atoms with Crippen LogP contribution in [-0.2, 0) is 4.74 Å². The van der Waals surface area contributed by atoms with Gasteiger partial charge < -0.3 is 10.5 Å². The van der Waals surface area contributed by atoms with Gasteiger partial charge in [-0.2, -0.15) is 0 Å². The van der Waals surface area contributed by atoms with E-state index in [1.165, 1.54) is 5.57 Å². The quantitative estimate of drug-likeness (QED) is 0.704. The van der Waals surface area contributed by atoms with E-state index in [1.807, 2.05) is 12.1 Å². The topological polar surface area (TPSA) is 48.1 Å². The first-order valence-corrected chi connectivity index (χ1v) is 4.35. The highest BCUT2D eigenvalue weighted by atomic mass is 16.5. The molecule has 2 N–H and O–H groups in total. The maximum absolute atomic E-state index is 5.76. The van der Waals surface area contributed by atoms with Gasteiger partial charge in [-0.1, -0.05) is 6.08 Å². The fraction of sp³-hybridized carbons (Fsp3) is 0.300. The molecule has 2 heterocycles. The van der Waals surface area contributed by atoms with Gasteiger partial charge in [-0.3, -0.25) is 0 Å². The number of hydrogen-bond donors (Lipinski definition) is 1. The molecule has 0 aromatic carbocycles. The van der Waals surface area contributed by atoms with Crippen molar-refractivity contribution in [2.24, 2.45) is 0 Å². The summed E-state index contributed by atoms with van der Waals surface area (Å²) in [6.07, 6.45) is 4.70. The standard InChI is InChI=1S/C10H12N2O/c11-10-9(2-1-5-12-10)8-3-6-13-7-4-8/h1-3,5H,4,6-7H2,(H2,11,12). The molecule has 0 atom stereocenters. The average Bonchev–Trinajstić information content (AvgIpc) is 2.20. The lowest BCUT2D eigenvalue weighted by Gasteiger charge is -2.14. The number of pyridine rings is 1. The second-order valence-corrected chi connectivity index (χ2v) is 2.99. The Morgan fingerprint density at radius 1 is 1.46 bits per heavy atom. The van der Waals surface area contributed by atoms with Gasteiger partial charge in [0.1, 0.15) is 5.82 Å². The summed E-state index contributed by atoms with van der Waals surface area (Å²) >= 11 is 0. The lowest BCUT2D eigenvalue weighted by atomic mass is 10.0. The maximum Gasteiger partial charge on any atom is 0.130 e. The highest BCUT2D eigenvalue weighted by Gasteiger charge is 2.08. The highest BCUT2D eigenvalue weighted by Crippen LogP contribution is 2.24. The number of aromatic nitrogens is 1. The first kappa shape index (κ1) is 8.26. The van der Waals surface area contributed by atoms with Crippen molar-refractivity contribution in [1.82, 2.24) is 4.98 Å². The Hall–Kier alpha value is -1.35. The number of hydrogen-bond acceptors (Lipinski definition) is 3. The largest absolute Gasteiger partial charge is 0.383 e. The molecule has 0 spiro atoms. The molecule has 3 nitrogen and oxygen atoms in total. The summed E-state index contributed by atoms with van der Waals surface area (Å²) in [6.45, 7) is 1.46. The third-order valence-electron chi connectivity index (χ3n) is 2.15. The van der Waals surface area contributed by atoms with Crippen LogP contribution in [0.3, 0.4) is 0 Å². The SMILES string of the molecule is Nc1ncccc1C1=CCOCC1. The smallest absolute Gasteiger partial charge is 0.130 e. The maximum atomic E-state index is 5.76. The summed E-state index contributed by atoms with van der Waals surface area (Å²) in [7, 11) is 0. The molecule has 0 amide bonds. The van der Waals surface area contributed by atoms with Crippen LogP contribution in [0.4, 0.5) is 5.82 Å². The molecule has 0 fully saturated rings. The molecule has 1 aliphatic heterocycles. The number of nitrogen functional groups attached to an aromatic ring is 1. The van der Waals surface area contributed by atoms with Gasteiger partial charge in [-0.05, 0) is 24.1 Å². The van der Waals surface area contributed by atoms with Gasteiger partial charge in [0.25, 0.3) is 0 Å². The van der Waals surface area contributed by atoms with Crippen LogP contribution in [0, 0.1) is 0 Å². The minimum atomic E-state index is 0.607. The van der Waals surface area contributed by atoms with Gasteiger partial charge >= 0.3 is 0 Å². The van der Waals surface area contributed by atoms with Crippen LogP contribution in [0.1, 0.15) is 12.0 Å². The predicted molar refractivity (Wildman–Crippen MR) is 52.1 cm³/mol. The van der Waals surface area contributed by atoms with E-state index in [-0.39, 0.29) is 0 Å². The fourth-order valence-electron chi connectivity index (χ4n) is 1.46. The molecule has 1 aliphatic rings. The molecule has 3 heteroatoms. The van der Waals surface area contributed by atoms with Crippen LogP contribution in [0.2, 0.25) is 0 Å². The minimum absolute atomic E-state index is 0.607. The van der Waals surface area contributed by atoms with Crippen LogP contribution in [0.5, 0.6) is 0 Å². The van der Waals surface area contributed by atoms with Crippen molar-refractivity contribution in [3.05, 3.63) is 30.0 Å². The van der Waals surface area contributed by atoms with Gasteiger partial charge in [0.05, 0.1) is 13.2 Å². The lowest BCUT2D eigenvalue weighted by molar-refractivity contribution is 0.161. The third kappa shape index (κ3) is 1.70. The van der Waals surface area contributed by atoms with Crippen molar-refractivity contribution in [2.75, 3.05) is 18.9 Å². The summed E-state index contributed by atoms with van der Waals surface area (Å²) in [5, 5.41) is 0. The highest BCUT2D eigenvalue weighted by molar-refractivity contribution is 5.73. The number of nitrogens with zero attached hydrogens (tertiary/aromatic N) is 1. The zero-order valence-electron chi connectivity index (χ0n) is 7.36. The van der Waals surface area contributed by atoms with Crippen molar-refractivity contribution in [3.63, 3.8) is 0 Å². The molecule has 0 aliphatic carbocycles. The molecule has 0 unspecified atom stereocenters. The molecular formula is C10H12N2O. The van der Waals surface area contributed by atoms with E-state index in [0.29, 0.717) is 12.4 Å². The molecule has 0 bridgehead atoms. The molecule has 0 radical (unpaired) electrons. The monoisotopic (exact) mass is 176 g/mol. The zero-order valence-corrected chi connectivity index (χ0v) is 7.36.